The Labute approximate surface area is 199 Å². The van der Waals surface area contributed by atoms with E-state index in [9.17, 15) is 0 Å². The van der Waals surface area contributed by atoms with Crippen LogP contribution in [-0.2, 0) is 0 Å². The van der Waals surface area contributed by atoms with Crippen LogP contribution >= 0.6 is 0 Å². The summed E-state index contributed by atoms with van der Waals surface area (Å²) in [5, 5.41) is 4.47. The number of pyridine rings is 1. The second-order valence-corrected chi connectivity index (χ2v) is 10.1. The topological polar surface area (TPSA) is 73.0 Å². The standard InChI is InChI=1S/C27H29N7/c1-17-10-21(4-5-25(17)34-16-22-12-23(34)15-33(22)14-18-2-3-18)31-27-29-9-7-24(32-27)20-11-19-6-8-28-26(19)30-13-20/h4-11,13,18,22-23H,2-3,12,14-16H2,1H3,(H,28,30)(H,29,31,32)/t22-,23-/m0/s1. The number of aromatic nitrogens is 4. The molecule has 2 atom stereocenters. The maximum absolute atomic E-state index is 4.74. The Morgan fingerprint density at radius 3 is 2.82 bits per heavy atom. The van der Waals surface area contributed by atoms with Gasteiger partial charge in [0, 0.05) is 72.6 Å². The highest BCUT2D eigenvalue weighted by Crippen LogP contribution is 2.39. The maximum atomic E-state index is 4.74. The molecule has 2 saturated heterocycles. The predicted molar refractivity (Wildman–Crippen MR) is 135 cm³/mol. The van der Waals surface area contributed by atoms with E-state index >= 15 is 0 Å². The van der Waals surface area contributed by atoms with Crippen LogP contribution in [0.15, 0.2) is 55.0 Å². The van der Waals surface area contributed by atoms with E-state index in [4.69, 9.17) is 4.98 Å². The molecule has 0 amide bonds. The first-order chi connectivity index (χ1) is 16.7. The Morgan fingerprint density at radius 1 is 1.06 bits per heavy atom. The van der Waals surface area contributed by atoms with Gasteiger partial charge in [-0.2, -0.15) is 0 Å². The number of nitrogens with one attached hydrogen (secondary N) is 2. The molecule has 1 aromatic carbocycles. The summed E-state index contributed by atoms with van der Waals surface area (Å²) in [5.41, 5.74) is 6.38. The first-order valence-electron chi connectivity index (χ1n) is 12.3. The molecule has 172 valence electrons. The highest BCUT2D eigenvalue weighted by Gasteiger charge is 2.44. The van der Waals surface area contributed by atoms with Crippen molar-refractivity contribution in [2.24, 2.45) is 5.92 Å². The lowest BCUT2D eigenvalue weighted by Crippen LogP contribution is -2.47. The first-order valence-corrected chi connectivity index (χ1v) is 12.3. The molecule has 34 heavy (non-hydrogen) atoms. The number of hydrogen-bond donors (Lipinski definition) is 2. The summed E-state index contributed by atoms with van der Waals surface area (Å²) in [6.07, 6.45) is 9.74. The minimum Gasteiger partial charge on any atom is -0.365 e. The van der Waals surface area contributed by atoms with Crippen molar-refractivity contribution in [1.82, 2.24) is 24.8 Å². The second kappa shape index (κ2) is 7.81. The van der Waals surface area contributed by atoms with Crippen molar-refractivity contribution in [3.63, 3.8) is 0 Å². The average molecular weight is 452 g/mol. The van der Waals surface area contributed by atoms with Crippen molar-refractivity contribution in [3.8, 4) is 11.3 Å². The number of anilines is 3. The van der Waals surface area contributed by atoms with Crippen molar-refractivity contribution in [1.29, 1.82) is 0 Å². The van der Waals surface area contributed by atoms with Crippen LogP contribution in [0.4, 0.5) is 17.3 Å². The number of aryl methyl sites for hydroxylation is 1. The van der Waals surface area contributed by atoms with Gasteiger partial charge in [0.05, 0.1) is 5.69 Å². The third-order valence-electron chi connectivity index (χ3n) is 7.66. The fourth-order valence-electron chi connectivity index (χ4n) is 5.74. The van der Waals surface area contributed by atoms with Crippen LogP contribution in [-0.4, -0.2) is 56.6 Å². The fourth-order valence-corrected chi connectivity index (χ4v) is 5.74. The molecule has 1 saturated carbocycles. The van der Waals surface area contributed by atoms with Gasteiger partial charge in [-0.3, -0.25) is 4.90 Å². The van der Waals surface area contributed by atoms with Gasteiger partial charge < -0.3 is 15.2 Å². The number of fused-ring (bicyclic) bond motifs is 3. The smallest absolute Gasteiger partial charge is 0.227 e. The minimum atomic E-state index is 0.592. The quantitative estimate of drug-likeness (QED) is 0.441. The lowest BCUT2D eigenvalue weighted by molar-refractivity contribution is 0.229. The molecule has 2 aliphatic heterocycles. The van der Waals surface area contributed by atoms with E-state index in [-0.39, 0.29) is 0 Å². The minimum absolute atomic E-state index is 0.592. The number of H-pyrrole nitrogens is 1. The zero-order valence-corrected chi connectivity index (χ0v) is 19.4. The van der Waals surface area contributed by atoms with Crippen molar-refractivity contribution in [2.45, 2.75) is 38.3 Å². The van der Waals surface area contributed by atoms with Gasteiger partial charge in [0.2, 0.25) is 5.95 Å². The van der Waals surface area contributed by atoms with Crippen LogP contribution in [0.2, 0.25) is 0 Å². The normalized spacial score (nSPS) is 22.1. The molecule has 3 fully saturated rings. The molecule has 2 N–H and O–H groups in total. The van der Waals surface area contributed by atoms with E-state index in [0.29, 0.717) is 12.0 Å². The summed E-state index contributed by atoms with van der Waals surface area (Å²) in [6.45, 7) is 5.93. The summed E-state index contributed by atoms with van der Waals surface area (Å²) in [6, 6.07) is 14.1. The predicted octanol–water partition coefficient (Wildman–Crippen LogP) is 4.74. The highest BCUT2D eigenvalue weighted by molar-refractivity contribution is 5.80. The molecule has 7 nitrogen and oxygen atoms in total. The SMILES string of the molecule is Cc1cc(Nc2nccc(-c3cnc4[nH]ccc4c3)n2)ccc1N1C[C@@H]2C[C@H]1CN2CC1CC1. The molecule has 3 aliphatic rings. The van der Waals surface area contributed by atoms with Crippen LogP contribution < -0.4 is 10.2 Å². The number of hydrogen-bond acceptors (Lipinski definition) is 6. The van der Waals surface area contributed by atoms with E-state index < -0.39 is 0 Å². The summed E-state index contributed by atoms with van der Waals surface area (Å²) in [4.78, 5) is 22.2. The number of aromatic amines is 1. The molecule has 2 bridgehead atoms. The van der Waals surface area contributed by atoms with Crippen LogP contribution in [0.3, 0.4) is 0 Å². The summed E-state index contributed by atoms with van der Waals surface area (Å²) in [7, 11) is 0. The number of likely N-dealkylation sites (tertiary alicyclic amines) is 1. The second-order valence-electron chi connectivity index (χ2n) is 10.1. The molecule has 1 aliphatic carbocycles. The van der Waals surface area contributed by atoms with Crippen LogP contribution in [0, 0.1) is 12.8 Å². The van der Waals surface area contributed by atoms with Gasteiger partial charge in [0.1, 0.15) is 5.65 Å². The Hall–Kier alpha value is -3.45. The van der Waals surface area contributed by atoms with Gasteiger partial charge >= 0.3 is 0 Å². The number of rotatable bonds is 6. The van der Waals surface area contributed by atoms with Gasteiger partial charge in [-0.25, -0.2) is 15.0 Å². The van der Waals surface area contributed by atoms with E-state index in [2.05, 4.69) is 61.3 Å². The molecular formula is C27H29N7. The molecule has 3 aromatic heterocycles. The van der Waals surface area contributed by atoms with Gasteiger partial charge in [-0.05, 0) is 74.1 Å². The third kappa shape index (κ3) is 3.60. The van der Waals surface area contributed by atoms with Crippen molar-refractivity contribution < 1.29 is 0 Å². The third-order valence-corrected chi connectivity index (χ3v) is 7.66. The number of piperazine rings is 1. The summed E-state index contributed by atoms with van der Waals surface area (Å²) in [5.74, 6) is 1.57. The molecule has 5 heterocycles. The summed E-state index contributed by atoms with van der Waals surface area (Å²) >= 11 is 0. The molecular weight excluding hydrogens is 422 g/mol. The molecule has 0 unspecified atom stereocenters. The lowest BCUT2D eigenvalue weighted by atomic mass is 10.1. The van der Waals surface area contributed by atoms with Crippen molar-refractivity contribution in [2.75, 3.05) is 29.9 Å². The zero-order chi connectivity index (χ0) is 22.6. The largest absolute Gasteiger partial charge is 0.365 e. The molecule has 4 aromatic rings. The molecule has 7 heteroatoms. The summed E-state index contributed by atoms with van der Waals surface area (Å²) < 4.78 is 0. The van der Waals surface area contributed by atoms with E-state index in [1.807, 2.05) is 24.5 Å². The van der Waals surface area contributed by atoms with Crippen LogP contribution in [0.1, 0.15) is 24.8 Å². The van der Waals surface area contributed by atoms with E-state index in [1.165, 1.54) is 43.6 Å². The van der Waals surface area contributed by atoms with Crippen LogP contribution in [0.25, 0.3) is 22.3 Å². The van der Waals surface area contributed by atoms with Gasteiger partial charge in [-0.15, -0.1) is 0 Å². The average Bonchev–Trinajstić information content (AvgIpc) is 3.22. The molecule has 0 spiro atoms. The van der Waals surface area contributed by atoms with Gasteiger partial charge in [0.15, 0.2) is 0 Å². The number of benzene rings is 1. The van der Waals surface area contributed by atoms with Crippen molar-refractivity contribution in [3.05, 3.63) is 60.6 Å². The maximum Gasteiger partial charge on any atom is 0.227 e. The van der Waals surface area contributed by atoms with Crippen molar-refractivity contribution >= 4 is 28.4 Å². The zero-order valence-electron chi connectivity index (χ0n) is 19.4. The first kappa shape index (κ1) is 20.0. The Morgan fingerprint density at radius 2 is 2.00 bits per heavy atom. The fraction of sp³-hybridized carbons (Fsp3) is 0.370. The monoisotopic (exact) mass is 451 g/mol. The Bertz CT molecular complexity index is 1360. The highest BCUT2D eigenvalue weighted by atomic mass is 15.4. The van der Waals surface area contributed by atoms with Gasteiger partial charge in [0.25, 0.3) is 0 Å². The Kier molecular flexibility index (Phi) is 4.58. The van der Waals surface area contributed by atoms with E-state index in [1.54, 1.807) is 6.20 Å². The number of nitrogens with zero attached hydrogens (tertiary/aromatic N) is 5. The van der Waals surface area contributed by atoms with E-state index in [0.717, 1.165) is 46.5 Å². The lowest BCUT2D eigenvalue weighted by Gasteiger charge is -2.36. The molecule has 0 radical (unpaired) electrons. The van der Waals surface area contributed by atoms with Crippen LogP contribution in [0.5, 0.6) is 0 Å². The Balaban J connectivity index is 1.07. The van der Waals surface area contributed by atoms with Gasteiger partial charge in [-0.1, -0.05) is 0 Å². The molecule has 7 rings (SSSR count).